The zero-order valence-corrected chi connectivity index (χ0v) is 14.7. The highest BCUT2D eigenvalue weighted by molar-refractivity contribution is 8.13. The Morgan fingerprint density at radius 3 is 2.79 bits per heavy atom. The third kappa shape index (κ3) is 3.98. The average Bonchev–Trinajstić information content (AvgIpc) is 2.94. The van der Waals surface area contributed by atoms with Gasteiger partial charge in [0.25, 0.3) is 0 Å². The largest absolute Gasteiger partial charge is 0.383 e. The van der Waals surface area contributed by atoms with E-state index in [0.29, 0.717) is 30.5 Å². The van der Waals surface area contributed by atoms with E-state index >= 15 is 0 Å². The summed E-state index contributed by atoms with van der Waals surface area (Å²) in [5.41, 5.74) is 5.95. The first-order chi connectivity index (χ1) is 11.5. The van der Waals surface area contributed by atoms with E-state index in [0.717, 1.165) is 31.7 Å². The number of carbonyl (C=O) groups is 2. The van der Waals surface area contributed by atoms with Crippen LogP contribution in [0.15, 0.2) is 6.07 Å². The Balaban J connectivity index is 1.75. The predicted molar refractivity (Wildman–Crippen MR) is 96.1 cm³/mol. The third-order valence-corrected chi connectivity index (χ3v) is 5.41. The third-order valence-electron chi connectivity index (χ3n) is 4.37. The van der Waals surface area contributed by atoms with Crippen LogP contribution in [0.4, 0.5) is 17.6 Å². The average molecular weight is 349 g/mol. The highest BCUT2D eigenvalue weighted by Crippen LogP contribution is 2.28. The van der Waals surface area contributed by atoms with Crippen molar-refractivity contribution in [3.63, 3.8) is 0 Å². The van der Waals surface area contributed by atoms with Crippen molar-refractivity contribution in [1.82, 2.24) is 9.97 Å². The van der Waals surface area contributed by atoms with Gasteiger partial charge >= 0.3 is 0 Å². The monoisotopic (exact) mass is 349 g/mol. The van der Waals surface area contributed by atoms with Crippen LogP contribution in [0.25, 0.3) is 0 Å². The lowest BCUT2D eigenvalue weighted by molar-refractivity contribution is -0.117. The van der Waals surface area contributed by atoms with Gasteiger partial charge in [-0.15, -0.1) is 0 Å². The SMILES string of the molecule is CC(=O)SCC1CC(=O)N(c2nc(N)cc(N3CCCCC3)n2)C1. The standard InChI is InChI=1S/C16H23N5O2S/c1-11(22)24-10-12-7-15(23)21(9-12)16-18-13(17)8-14(19-16)20-5-3-2-4-6-20/h8,12H,2-7,9-10H2,1H3,(H2,17,18,19). The lowest BCUT2D eigenvalue weighted by Gasteiger charge is -2.28. The van der Waals surface area contributed by atoms with Crippen LogP contribution < -0.4 is 15.5 Å². The van der Waals surface area contributed by atoms with Gasteiger partial charge < -0.3 is 10.6 Å². The number of thioether (sulfide) groups is 1. The van der Waals surface area contributed by atoms with Crippen LogP contribution in [0.5, 0.6) is 0 Å². The van der Waals surface area contributed by atoms with Crippen molar-refractivity contribution in [3.05, 3.63) is 6.07 Å². The van der Waals surface area contributed by atoms with Crippen molar-refractivity contribution in [2.24, 2.45) is 5.92 Å². The second-order valence-corrected chi connectivity index (χ2v) is 7.57. The molecule has 3 rings (SSSR count). The first kappa shape index (κ1) is 17.0. The molecule has 1 aromatic heterocycles. The minimum absolute atomic E-state index is 0.000605. The first-order valence-corrected chi connectivity index (χ1v) is 9.34. The Hall–Kier alpha value is -1.83. The Kier molecular flexibility index (Phi) is 5.23. The van der Waals surface area contributed by atoms with Crippen LogP contribution in [0.2, 0.25) is 0 Å². The first-order valence-electron chi connectivity index (χ1n) is 8.36. The van der Waals surface area contributed by atoms with Gasteiger partial charge in [0.1, 0.15) is 11.6 Å². The number of hydrogen-bond acceptors (Lipinski definition) is 7. The fraction of sp³-hybridized carbons (Fsp3) is 0.625. The summed E-state index contributed by atoms with van der Waals surface area (Å²) in [5.74, 6) is 2.37. The van der Waals surface area contributed by atoms with Crippen LogP contribution in [0, 0.1) is 5.92 Å². The maximum atomic E-state index is 12.3. The topological polar surface area (TPSA) is 92.4 Å². The summed E-state index contributed by atoms with van der Waals surface area (Å²) in [5, 5.41) is 0.0773. The van der Waals surface area contributed by atoms with Gasteiger partial charge in [0.15, 0.2) is 5.12 Å². The number of nitrogen functional groups attached to an aromatic ring is 1. The molecule has 0 spiro atoms. The van der Waals surface area contributed by atoms with Crippen LogP contribution in [0.3, 0.4) is 0 Å². The van der Waals surface area contributed by atoms with E-state index in [9.17, 15) is 9.59 Å². The van der Waals surface area contributed by atoms with Crippen LogP contribution in [-0.2, 0) is 9.59 Å². The number of rotatable bonds is 4. The van der Waals surface area contributed by atoms with E-state index in [4.69, 9.17) is 5.73 Å². The molecule has 7 nitrogen and oxygen atoms in total. The number of piperidine rings is 1. The lowest BCUT2D eigenvalue weighted by atomic mass is 10.1. The summed E-state index contributed by atoms with van der Waals surface area (Å²) in [6, 6.07) is 1.78. The number of anilines is 3. The van der Waals surface area contributed by atoms with Crippen molar-refractivity contribution < 1.29 is 9.59 Å². The highest BCUT2D eigenvalue weighted by Gasteiger charge is 2.33. The Bertz CT molecular complexity index is 633. The number of amides is 1. The zero-order valence-electron chi connectivity index (χ0n) is 13.9. The molecule has 1 amide bonds. The van der Waals surface area contributed by atoms with Crippen molar-refractivity contribution in [2.45, 2.75) is 32.6 Å². The summed E-state index contributed by atoms with van der Waals surface area (Å²) >= 11 is 1.27. The number of carbonyl (C=O) groups excluding carboxylic acids is 2. The van der Waals surface area contributed by atoms with Crippen molar-refractivity contribution in [2.75, 3.05) is 40.9 Å². The summed E-state index contributed by atoms with van der Waals surface area (Å²) in [7, 11) is 0. The Morgan fingerprint density at radius 1 is 1.33 bits per heavy atom. The number of nitrogens with two attached hydrogens (primary N) is 1. The number of aromatic nitrogens is 2. The van der Waals surface area contributed by atoms with Gasteiger partial charge in [-0.2, -0.15) is 9.97 Å². The van der Waals surface area contributed by atoms with Crippen molar-refractivity contribution in [1.29, 1.82) is 0 Å². The van der Waals surface area contributed by atoms with Gasteiger partial charge in [0.05, 0.1) is 0 Å². The predicted octanol–water partition coefficient (Wildman–Crippen LogP) is 1.68. The van der Waals surface area contributed by atoms with Gasteiger partial charge in [-0.1, -0.05) is 11.8 Å². The van der Waals surface area contributed by atoms with Crippen molar-refractivity contribution in [3.8, 4) is 0 Å². The summed E-state index contributed by atoms with van der Waals surface area (Å²) < 4.78 is 0. The van der Waals surface area contributed by atoms with E-state index in [1.54, 1.807) is 17.9 Å². The summed E-state index contributed by atoms with van der Waals surface area (Å²) in [6.07, 6.45) is 3.96. The minimum Gasteiger partial charge on any atom is -0.383 e. The molecule has 1 atom stereocenters. The molecule has 0 aliphatic carbocycles. The molecule has 3 heterocycles. The molecule has 24 heavy (non-hydrogen) atoms. The van der Waals surface area contributed by atoms with Crippen LogP contribution in [-0.4, -0.2) is 46.4 Å². The number of hydrogen-bond donors (Lipinski definition) is 1. The molecule has 2 saturated heterocycles. The van der Waals surface area contributed by atoms with Gasteiger partial charge in [-0.3, -0.25) is 14.5 Å². The molecule has 0 bridgehead atoms. The summed E-state index contributed by atoms with van der Waals surface area (Å²) in [6.45, 7) is 4.01. The van der Waals surface area contributed by atoms with Crippen LogP contribution in [0.1, 0.15) is 32.6 Å². The van der Waals surface area contributed by atoms with E-state index in [1.165, 1.54) is 18.2 Å². The molecule has 1 unspecified atom stereocenters. The molecule has 0 saturated carbocycles. The van der Waals surface area contributed by atoms with Gasteiger partial charge in [0, 0.05) is 44.8 Å². The maximum Gasteiger partial charge on any atom is 0.236 e. The Morgan fingerprint density at radius 2 is 2.08 bits per heavy atom. The van der Waals surface area contributed by atoms with Gasteiger partial charge in [-0.25, -0.2) is 0 Å². The molecule has 0 aromatic carbocycles. The van der Waals surface area contributed by atoms with E-state index in [2.05, 4.69) is 14.9 Å². The van der Waals surface area contributed by atoms with Crippen molar-refractivity contribution >= 4 is 40.4 Å². The smallest absolute Gasteiger partial charge is 0.236 e. The second kappa shape index (κ2) is 7.38. The molecular weight excluding hydrogens is 326 g/mol. The van der Waals surface area contributed by atoms with E-state index in [1.807, 2.05) is 0 Å². The molecule has 2 aliphatic rings. The molecule has 2 aliphatic heterocycles. The molecule has 1 aromatic rings. The van der Waals surface area contributed by atoms with E-state index in [-0.39, 0.29) is 16.9 Å². The number of nitrogens with zero attached hydrogens (tertiary/aromatic N) is 4. The van der Waals surface area contributed by atoms with Gasteiger partial charge in [0.2, 0.25) is 11.9 Å². The quantitative estimate of drug-likeness (QED) is 0.884. The van der Waals surface area contributed by atoms with Crippen LogP contribution >= 0.6 is 11.8 Å². The normalized spacial score (nSPS) is 21.4. The summed E-state index contributed by atoms with van der Waals surface area (Å²) in [4.78, 5) is 36.1. The highest BCUT2D eigenvalue weighted by atomic mass is 32.2. The lowest BCUT2D eigenvalue weighted by Crippen LogP contribution is -2.32. The zero-order chi connectivity index (χ0) is 17.1. The molecule has 2 N–H and O–H groups in total. The molecule has 130 valence electrons. The molecule has 8 heteroatoms. The molecule has 2 fully saturated rings. The maximum absolute atomic E-state index is 12.3. The van der Waals surface area contributed by atoms with Gasteiger partial charge in [-0.05, 0) is 25.2 Å². The molecule has 0 radical (unpaired) electrons. The molecular formula is C16H23N5O2S. The fourth-order valence-electron chi connectivity index (χ4n) is 3.17. The van der Waals surface area contributed by atoms with E-state index < -0.39 is 0 Å². The minimum atomic E-state index is -0.000605. The fourth-order valence-corrected chi connectivity index (χ4v) is 3.86. The second-order valence-electron chi connectivity index (χ2n) is 6.38. The Labute approximate surface area is 146 Å².